The molecule has 0 radical (unpaired) electrons. The SMILES string of the molecule is COc1ccc2c3c1OC1C=CC(OC(C)=O)C4C(C2)N(C)CCC314.Cl. The van der Waals surface area contributed by atoms with Crippen molar-refractivity contribution in [2.75, 3.05) is 20.7 Å². The van der Waals surface area contributed by atoms with Crippen molar-refractivity contribution < 1.29 is 19.0 Å². The number of esters is 1. The summed E-state index contributed by atoms with van der Waals surface area (Å²) in [6.07, 6.45) is 5.88. The molecule has 6 heteroatoms. The van der Waals surface area contributed by atoms with Crippen molar-refractivity contribution in [1.82, 2.24) is 4.90 Å². The van der Waals surface area contributed by atoms with Crippen LogP contribution in [0.1, 0.15) is 24.5 Å². The lowest BCUT2D eigenvalue weighted by Crippen LogP contribution is -2.66. The van der Waals surface area contributed by atoms with Gasteiger partial charge in [-0.05, 0) is 50.2 Å². The van der Waals surface area contributed by atoms with Crippen LogP contribution in [0.15, 0.2) is 24.3 Å². The Balaban J connectivity index is 0.00000168. The Kier molecular flexibility index (Phi) is 4.01. The molecule has 2 heterocycles. The molecule has 1 spiro atoms. The number of hydrogen-bond donors (Lipinski definition) is 0. The van der Waals surface area contributed by atoms with Gasteiger partial charge in [0.2, 0.25) is 0 Å². The molecule has 0 amide bonds. The van der Waals surface area contributed by atoms with Crippen molar-refractivity contribution in [3.8, 4) is 11.5 Å². The third-order valence-corrected chi connectivity index (χ3v) is 6.66. The summed E-state index contributed by atoms with van der Waals surface area (Å²) >= 11 is 0. The molecule has 5 unspecified atom stereocenters. The Bertz CT molecular complexity index is 794. The normalized spacial score (nSPS) is 35.8. The van der Waals surface area contributed by atoms with Gasteiger partial charge < -0.3 is 19.1 Å². The number of methoxy groups -OCH3 is 1. The fourth-order valence-electron chi connectivity index (χ4n) is 5.74. The van der Waals surface area contributed by atoms with Gasteiger partial charge in [-0.3, -0.25) is 4.79 Å². The van der Waals surface area contributed by atoms with Crippen LogP contribution in [-0.4, -0.2) is 49.8 Å². The van der Waals surface area contributed by atoms with Crippen LogP contribution in [0, 0.1) is 5.92 Å². The van der Waals surface area contributed by atoms with E-state index in [4.69, 9.17) is 14.2 Å². The Morgan fingerprint density at radius 2 is 2.15 bits per heavy atom. The molecule has 0 aromatic heterocycles. The highest BCUT2D eigenvalue weighted by molar-refractivity contribution is 5.85. The number of likely N-dealkylation sites (tertiary alicyclic amines) is 1. The number of rotatable bonds is 2. The lowest BCUT2D eigenvalue weighted by atomic mass is 9.52. The van der Waals surface area contributed by atoms with Crippen molar-refractivity contribution in [2.24, 2.45) is 5.92 Å². The van der Waals surface area contributed by atoms with E-state index < -0.39 is 0 Å². The molecule has 1 saturated heterocycles. The van der Waals surface area contributed by atoms with Crippen molar-refractivity contribution in [3.05, 3.63) is 35.4 Å². The third-order valence-electron chi connectivity index (χ3n) is 6.66. The summed E-state index contributed by atoms with van der Waals surface area (Å²) in [5, 5.41) is 0. The van der Waals surface area contributed by atoms with E-state index in [1.54, 1.807) is 7.11 Å². The van der Waals surface area contributed by atoms with Gasteiger partial charge in [-0.2, -0.15) is 0 Å². The second-order valence-electron chi connectivity index (χ2n) is 7.70. The molecule has 5 atom stereocenters. The van der Waals surface area contributed by atoms with Crippen LogP contribution in [0.4, 0.5) is 0 Å². The topological polar surface area (TPSA) is 48.0 Å². The summed E-state index contributed by atoms with van der Waals surface area (Å²) < 4.78 is 17.7. The number of hydrogen-bond acceptors (Lipinski definition) is 5. The van der Waals surface area contributed by atoms with Crippen LogP contribution in [0.25, 0.3) is 0 Å². The van der Waals surface area contributed by atoms with Gasteiger partial charge in [-0.1, -0.05) is 6.07 Å². The van der Waals surface area contributed by atoms with Crippen LogP contribution >= 0.6 is 12.4 Å². The van der Waals surface area contributed by atoms with E-state index in [9.17, 15) is 4.79 Å². The fourth-order valence-corrected chi connectivity index (χ4v) is 5.74. The minimum Gasteiger partial charge on any atom is -0.493 e. The van der Waals surface area contributed by atoms with E-state index in [-0.39, 0.29) is 41.9 Å². The number of piperidine rings is 1. The zero-order chi connectivity index (χ0) is 17.3. The molecule has 2 aliphatic heterocycles. The summed E-state index contributed by atoms with van der Waals surface area (Å²) in [6.45, 7) is 2.52. The van der Waals surface area contributed by atoms with Crippen LogP contribution in [0.2, 0.25) is 0 Å². The number of likely N-dealkylation sites (N-methyl/N-ethyl adjacent to an activating group) is 1. The van der Waals surface area contributed by atoms with Gasteiger partial charge in [0.05, 0.1) is 7.11 Å². The molecule has 1 aromatic carbocycles. The molecule has 26 heavy (non-hydrogen) atoms. The van der Waals surface area contributed by atoms with Gasteiger partial charge in [-0.15, -0.1) is 12.4 Å². The van der Waals surface area contributed by atoms with Crippen molar-refractivity contribution in [2.45, 2.75) is 43.4 Å². The molecule has 1 aromatic rings. The summed E-state index contributed by atoms with van der Waals surface area (Å²) in [6, 6.07) is 4.55. The van der Waals surface area contributed by atoms with Crippen molar-refractivity contribution >= 4 is 18.4 Å². The number of nitrogens with zero attached hydrogens (tertiary/aromatic N) is 1. The van der Waals surface area contributed by atoms with E-state index in [2.05, 4.69) is 24.1 Å². The molecular formula is C20H24ClNO4. The highest BCUT2D eigenvalue weighted by atomic mass is 35.5. The Hall–Kier alpha value is -1.72. The Morgan fingerprint density at radius 1 is 1.35 bits per heavy atom. The average Bonchev–Trinajstić information content (AvgIpc) is 2.92. The minimum atomic E-state index is -0.221. The number of carbonyl (C=O) groups is 1. The van der Waals surface area contributed by atoms with Gasteiger partial charge in [0.1, 0.15) is 12.2 Å². The quantitative estimate of drug-likeness (QED) is 0.585. The van der Waals surface area contributed by atoms with Gasteiger partial charge in [0, 0.05) is 29.9 Å². The first-order valence-electron chi connectivity index (χ1n) is 8.99. The number of halogens is 1. The van der Waals surface area contributed by atoms with E-state index in [0.717, 1.165) is 30.9 Å². The number of carbonyl (C=O) groups excluding carboxylic acids is 1. The lowest BCUT2D eigenvalue weighted by molar-refractivity contribution is -0.153. The van der Waals surface area contributed by atoms with E-state index in [0.29, 0.717) is 6.04 Å². The number of benzene rings is 1. The predicted octanol–water partition coefficient (Wildman–Crippen LogP) is 2.49. The smallest absolute Gasteiger partial charge is 0.303 e. The maximum Gasteiger partial charge on any atom is 0.303 e. The molecule has 1 fully saturated rings. The summed E-state index contributed by atoms with van der Waals surface area (Å²) in [5.74, 6) is 1.69. The van der Waals surface area contributed by atoms with E-state index in [1.165, 1.54) is 18.1 Å². The fraction of sp³-hybridized carbons (Fsp3) is 0.550. The van der Waals surface area contributed by atoms with E-state index in [1.807, 2.05) is 12.1 Å². The van der Waals surface area contributed by atoms with Crippen LogP contribution in [0.3, 0.4) is 0 Å². The molecule has 0 saturated carbocycles. The molecule has 140 valence electrons. The molecule has 2 bridgehead atoms. The van der Waals surface area contributed by atoms with Crippen LogP contribution in [0.5, 0.6) is 11.5 Å². The highest BCUT2D eigenvalue weighted by Gasteiger charge is 2.65. The molecule has 0 N–H and O–H groups in total. The summed E-state index contributed by atoms with van der Waals surface area (Å²) in [7, 11) is 3.87. The number of ether oxygens (including phenoxy) is 3. The zero-order valence-corrected chi connectivity index (χ0v) is 16.0. The van der Waals surface area contributed by atoms with Gasteiger partial charge in [-0.25, -0.2) is 0 Å². The second-order valence-corrected chi connectivity index (χ2v) is 7.70. The predicted molar refractivity (Wildman–Crippen MR) is 99.3 cm³/mol. The maximum atomic E-state index is 11.7. The second kappa shape index (κ2) is 5.89. The maximum absolute atomic E-state index is 11.7. The molecule has 2 aliphatic carbocycles. The standard InChI is InChI=1S/C20H23NO4.ClH/c1-11(22)24-14-6-7-16-20-8-9-21(2)13(18(14)20)10-12-4-5-15(23-3)19(25-16)17(12)20;/h4-7,13-14,16,18H,8-10H2,1-3H3;1H. The van der Waals surface area contributed by atoms with Crippen LogP contribution < -0.4 is 9.47 Å². The summed E-state index contributed by atoms with van der Waals surface area (Å²) in [5.41, 5.74) is 2.53. The van der Waals surface area contributed by atoms with Gasteiger partial charge >= 0.3 is 5.97 Å². The molecule has 5 rings (SSSR count). The van der Waals surface area contributed by atoms with Crippen molar-refractivity contribution in [1.29, 1.82) is 0 Å². The summed E-state index contributed by atoms with van der Waals surface area (Å²) in [4.78, 5) is 14.1. The lowest BCUT2D eigenvalue weighted by Gasteiger charge is -2.57. The first-order chi connectivity index (χ1) is 12.1. The monoisotopic (exact) mass is 377 g/mol. The zero-order valence-electron chi connectivity index (χ0n) is 15.2. The van der Waals surface area contributed by atoms with Crippen LogP contribution in [-0.2, 0) is 21.4 Å². The van der Waals surface area contributed by atoms with E-state index >= 15 is 0 Å². The largest absolute Gasteiger partial charge is 0.493 e. The molecular weight excluding hydrogens is 354 g/mol. The average molecular weight is 378 g/mol. The van der Waals surface area contributed by atoms with Crippen molar-refractivity contribution in [3.63, 3.8) is 0 Å². The first kappa shape index (κ1) is 17.7. The minimum absolute atomic E-state index is 0. The molecule has 5 nitrogen and oxygen atoms in total. The van der Waals surface area contributed by atoms with Gasteiger partial charge in [0.15, 0.2) is 11.5 Å². The first-order valence-corrected chi connectivity index (χ1v) is 8.99. The van der Waals surface area contributed by atoms with Gasteiger partial charge in [0.25, 0.3) is 0 Å². The Labute approximate surface area is 159 Å². The Morgan fingerprint density at radius 3 is 2.88 bits per heavy atom. The molecule has 4 aliphatic rings. The third kappa shape index (κ3) is 2.04. The highest BCUT2D eigenvalue weighted by Crippen LogP contribution is 2.62.